The summed E-state index contributed by atoms with van der Waals surface area (Å²) in [6.45, 7) is 5.19. The Hall–Kier alpha value is 20.7. The standard InChI is InChI=1S/C28H6S.16Ra.16H/c1-17-3-7-25-19(11-17)13-21-15-23(5-9-27(21)25)29-24-6-10-28-22(16-24)14-20-12-18(2)4-8-26(20)28;;;;;;;;;;;;;;;;;;;;;;;;;;;;;;;;/h1-2H3;;;;;;;;;;;;;;;;;;;;;;;;;;;;;;;;. The molecule has 4 aromatic carbocycles. The summed E-state index contributed by atoms with van der Waals surface area (Å²) >= 11 is 9.95. The molecule has 0 unspecified atom stereocenters. The molecule has 172 valence electrons. The van der Waals surface area contributed by atoms with E-state index in [1.165, 1.54) is 0 Å². The molecule has 2 aliphatic carbocycles. The summed E-state index contributed by atoms with van der Waals surface area (Å²) in [5, 5.41) is 0. The van der Waals surface area contributed by atoms with Gasteiger partial charge in [0.25, 0.3) is 0 Å². The summed E-state index contributed by atoms with van der Waals surface area (Å²) in [6, 6.07) is 0. The van der Waals surface area contributed by atoms with Crippen LogP contribution in [-0.4, -0.2) is 0 Å². The van der Waals surface area contributed by atoms with Crippen LogP contribution in [0.15, 0.2) is 9.79 Å². The predicted molar refractivity (Wildman–Crippen MR) is 137 cm³/mol. The van der Waals surface area contributed by atoms with E-state index >= 15 is 0 Å². The van der Waals surface area contributed by atoms with E-state index in [2.05, 4.69) is 51.5 Å². The molecule has 0 nitrogen and oxygen atoms in total. The van der Waals surface area contributed by atoms with Gasteiger partial charge in [-0.1, -0.05) is 0 Å². The first kappa shape index (κ1) is 55.0. The Kier molecular flexibility index (Phi) is 28.7. The van der Waals surface area contributed by atoms with Crippen molar-refractivity contribution in [3.05, 3.63) is 33.4 Å². The van der Waals surface area contributed by atoms with Gasteiger partial charge in [0.05, 0.1) is 0 Å². The van der Waals surface area contributed by atoms with E-state index < -0.39 is 0 Å². The average molecular weight is 4010 g/mol. The molecule has 0 saturated carbocycles. The van der Waals surface area contributed by atoms with Gasteiger partial charge in [-0.05, 0) is 0 Å². The molecule has 0 aromatic heterocycles. The van der Waals surface area contributed by atoms with Crippen molar-refractivity contribution < 1.29 is 685 Å². The molecule has 0 radical (unpaired) electrons. The predicted octanol–water partition coefficient (Wildman–Crippen LogP) is -7.17. The van der Waals surface area contributed by atoms with Crippen molar-refractivity contribution in [3.8, 4) is 22.3 Å². The summed E-state index contributed by atoms with van der Waals surface area (Å²) in [6.07, 6.45) is 0. The van der Waals surface area contributed by atoms with Crippen molar-refractivity contribution in [1.29, 1.82) is 0 Å². The van der Waals surface area contributed by atoms with Gasteiger partial charge < -0.3 is 0 Å². The van der Waals surface area contributed by atoms with Crippen LogP contribution in [0, 0.1) is 699 Å². The normalized spacial score (nSPS) is 14.6. The third kappa shape index (κ3) is 10.9. The van der Waals surface area contributed by atoms with Crippen molar-refractivity contribution >= 4 is 19.0 Å². The second-order valence-corrected chi connectivity index (χ2v) is 167. The minimum absolute atomic E-state index is 0.400. The summed E-state index contributed by atoms with van der Waals surface area (Å²) in [7, 11) is 0. The van der Waals surface area contributed by atoms with E-state index in [4.69, 9.17) is 0 Å². The van der Waals surface area contributed by atoms with Gasteiger partial charge in [-0.3, -0.25) is 0 Å². The Balaban J connectivity index is 1.63. The number of hydrogen-bond donors (Lipinski definition) is 0. The molecule has 0 fully saturated rings. The van der Waals surface area contributed by atoms with E-state index in [-0.39, 0.29) is 0 Å². The molecule has 0 amide bonds. The molecule has 0 N–H and O–H groups in total. The van der Waals surface area contributed by atoms with Crippen molar-refractivity contribution in [2.75, 3.05) is 0 Å². The molecule has 45 heavy (non-hydrogen) atoms. The minimum atomic E-state index is 0.400. The number of benzene rings is 4. The average Bonchev–Trinajstić information content (AvgIpc) is 3.38. The van der Waals surface area contributed by atoms with Gasteiger partial charge in [0.2, 0.25) is 0 Å². The Morgan fingerprint density at radius 1 is 0.333 bits per heavy atom. The van der Waals surface area contributed by atoms with Gasteiger partial charge in [0, 0.05) is 0 Å². The first-order valence-corrected chi connectivity index (χ1v) is 83.5. The third-order valence-corrected chi connectivity index (χ3v) is 166. The van der Waals surface area contributed by atoms with Crippen LogP contribution in [0.1, 0.15) is 33.4 Å². The van der Waals surface area contributed by atoms with Crippen LogP contribution < -0.4 is 7.25 Å². The summed E-state index contributed by atoms with van der Waals surface area (Å²) in [5.74, 6) is 0. The van der Waals surface area contributed by atoms with Crippen LogP contribution in [0.3, 0.4) is 0 Å². The van der Waals surface area contributed by atoms with Gasteiger partial charge in [-0.25, -0.2) is 0 Å². The fraction of sp³-hybridized carbons (Fsp3) is 0.143. The SMILES string of the molecule is Cc1[c]([RaH])[c]([RaH])c2c([c]1[RaH])[C]([RaH])([RaH])c1[c]([RaH])c(Sc3[c]([RaH])[c]([RaH])c4c([c]3[RaH])[C]([RaH])([RaH])c3[c]([RaH])c(C)[c]([RaH])[c]([RaH])c3-4)[c]([RaH])[c]([RaH])c1-2. The van der Waals surface area contributed by atoms with Crippen LogP contribution in [-0.2, 0) is -9.01 Å². The maximum atomic E-state index is 2.60. The number of hydrogen-bond acceptors (Lipinski definition) is 1. The third-order valence-electron chi connectivity index (χ3n) is 13.1. The molecular formula is C28H22Ra16S. The van der Waals surface area contributed by atoms with Crippen molar-refractivity contribution in [1.82, 2.24) is 0 Å². The Morgan fingerprint density at radius 2 is 0.578 bits per heavy atom. The van der Waals surface area contributed by atoms with Gasteiger partial charge in [-0.15, -0.1) is 0 Å². The van der Waals surface area contributed by atoms with Crippen LogP contribution in [0.25, 0.3) is 22.3 Å². The van der Waals surface area contributed by atoms with Gasteiger partial charge in [-0.2, -0.15) is 0 Å². The summed E-state index contributed by atoms with van der Waals surface area (Å²) in [5.41, 5.74) is 20.4. The van der Waals surface area contributed by atoms with E-state index in [9.17, 15) is 0 Å². The van der Waals surface area contributed by atoms with Crippen LogP contribution in [0.2, 0.25) is 0 Å². The van der Waals surface area contributed by atoms with Crippen molar-refractivity contribution in [2.24, 2.45) is 0 Å². The molecule has 6 rings (SSSR count). The Bertz CT molecular complexity index is 1930. The first-order chi connectivity index (χ1) is 20.7. The molecule has 0 bridgehead atoms. The van der Waals surface area contributed by atoms with Crippen LogP contribution >= 0.6 is 11.8 Å². The number of fused-ring (bicyclic) bond motifs is 6. The van der Waals surface area contributed by atoms with E-state index in [1.807, 2.05) is 46.8 Å². The quantitative estimate of drug-likeness (QED) is 0.193. The fourth-order valence-corrected chi connectivity index (χ4v) is 184. The topological polar surface area (TPSA) is 0 Å². The molecule has 0 heterocycles. The van der Waals surface area contributed by atoms with E-state index in [1.54, 1.807) is 0 Å². The molecular weight excluding hydrogens is 3980 g/mol. The molecule has 0 spiro atoms. The molecule has 0 atom stereocenters. The van der Waals surface area contributed by atoms with Crippen LogP contribution in [0.4, 0.5) is 0 Å². The summed E-state index contributed by atoms with van der Waals surface area (Å²) in [4.78, 5) is 4.02. The zero-order chi connectivity index (χ0) is 33.6. The molecule has 4 aromatic rings. The molecule has 2 aliphatic rings. The van der Waals surface area contributed by atoms with E-state index in [0.29, 0.717) is 685 Å². The van der Waals surface area contributed by atoms with E-state index in [0.717, 1.165) is -9.01 Å². The second kappa shape index (κ2) is 23.5. The monoisotopic (exact) mass is 4010 g/mol. The van der Waals surface area contributed by atoms with Crippen molar-refractivity contribution in [2.45, 2.75) is 14.6 Å². The molecule has 0 saturated heterocycles. The first-order valence-electron chi connectivity index (χ1n) is 16.9. The zero-order valence-electron chi connectivity index (χ0n) is 31.4. The zero-order valence-corrected chi connectivity index (χ0v) is 164. The Morgan fingerprint density at radius 3 is 0.867 bits per heavy atom. The fourth-order valence-electron chi connectivity index (χ4n) is 9.91. The molecule has 0 aliphatic heterocycles. The van der Waals surface area contributed by atoms with Crippen LogP contribution in [0.5, 0.6) is 0 Å². The van der Waals surface area contributed by atoms with Gasteiger partial charge in [0.1, 0.15) is 0 Å². The van der Waals surface area contributed by atoms with Gasteiger partial charge >= 0.3 is 774 Å². The Labute approximate surface area is 740 Å². The van der Waals surface area contributed by atoms with Gasteiger partial charge in [0.15, 0.2) is 0 Å². The maximum absolute atomic E-state index is 2.60. The molecule has 17 heteroatoms. The number of rotatable bonds is 2. The second-order valence-electron chi connectivity index (χ2n) is 15.8. The van der Waals surface area contributed by atoms with Crippen molar-refractivity contribution in [3.63, 3.8) is 0 Å². The summed E-state index contributed by atoms with van der Waals surface area (Å²) < 4.78 is 26.1.